The highest BCUT2D eigenvalue weighted by atomic mass is 16.3. The summed E-state index contributed by atoms with van der Waals surface area (Å²) >= 11 is 0. The smallest absolute Gasteiger partial charge is 0.223 e. The second-order valence-corrected chi connectivity index (χ2v) is 6.41. The van der Waals surface area contributed by atoms with Crippen LogP contribution in [0.5, 0.6) is 0 Å². The van der Waals surface area contributed by atoms with E-state index in [9.17, 15) is 15.0 Å². The summed E-state index contributed by atoms with van der Waals surface area (Å²) in [6.45, 7) is 4.01. The van der Waals surface area contributed by atoms with E-state index in [-0.39, 0.29) is 5.91 Å². The van der Waals surface area contributed by atoms with Crippen molar-refractivity contribution in [1.29, 1.82) is 0 Å². The Morgan fingerprint density at radius 2 is 2.09 bits per heavy atom. The molecule has 0 aromatic heterocycles. The van der Waals surface area contributed by atoms with Crippen LogP contribution in [0.25, 0.3) is 0 Å². The van der Waals surface area contributed by atoms with Gasteiger partial charge in [0.15, 0.2) is 0 Å². The van der Waals surface area contributed by atoms with Gasteiger partial charge in [0.05, 0.1) is 11.7 Å². The van der Waals surface area contributed by atoms with Gasteiger partial charge in [0.1, 0.15) is 0 Å². The zero-order valence-corrected chi connectivity index (χ0v) is 13.4. The number of aliphatic hydroxyl groups is 2. The topological polar surface area (TPSA) is 64.0 Å². The van der Waals surface area contributed by atoms with Crippen molar-refractivity contribution in [2.75, 3.05) is 26.7 Å². The number of β-amino-alcohol motifs (C(OH)–C–C–N with tert-alkyl or cyclic N) is 1. The molecule has 1 aliphatic heterocycles. The highest BCUT2D eigenvalue weighted by Gasteiger charge is 2.36. The Balaban J connectivity index is 1.76. The highest BCUT2D eigenvalue weighted by Crippen LogP contribution is 2.21. The Kier molecular flexibility index (Phi) is 5.56. The minimum atomic E-state index is -1.01. The molecule has 0 aliphatic carbocycles. The van der Waals surface area contributed by atoms with E-state index in [2.05, 4.69) is 0 Å². The maximum Gasteiger partial charge on any atom is 0.223 e. The molecule has 2 N–H and O–H groups in total. The summed E-state index contributed by atoms with van der Waals surface area (Å²) in [6, 6.07) is 9.91. The van der Waals surface area contributed by atoms with Gasteiger partial charge in [-0.1, -0.05) is 30.3 Å². The van der Waals surface area contributed by atoms with Gasteiger partial charge in [-0.25, -0.2) is 0 Å². The monoisotopic (exact) mass is 306 g/mol. The molecule has 2 rings (SSSR count). The SMILES string of the molecule is CN(Cc1ccccc1)C(=O)CCN1CC[C@@](C)(O)[C@@H](O)C1. The number of likely N-dealkylation sites (tertiary alicyclic amines) is 1. The average molecular weight is 306 g/mol. The quantitative estimate of drug-likeness (QED) is 0.847. The van der Waals surface area contributed by atoms with E-state index in [1.54, 1.807) is 11.8 Å². The van der Waals surface area contributed by atoms with E-state index in [0.29, 0.717) is 39.0 Å². The van der Waals surface area contributed by atoms with Crippen LogP contribution < -0.4 is 0 Å². The van der Waals surface area contributed by atoms with Gasteiger partial charge in [-0.3, -0.25) is 4.79 Å². The van der Waals surface area contributed by atoms with Crippen LogP contribution in [0.4, 0.5) is 0 Å². The van der Waals surface area contributed by atoms with E-state index < -0.39 is 11.7 Å². The lowest BCUT2D eigenvalue weighted by molar-refractivity contribution is -0.132. The van der Waals surface area contributed by atoms with Gasteiger partial charge in [-0.15, -0.1) is 0 Å². The molecule has 2 atom stereocenters. The molecule has 22 heavy (non-hydrogen) atoms. The van der Waals surface area contributed by atoms with E-state index in [1.807, 2.05) is 42.3 Å². The molecule has 1 aliphatic rings. The summed E-state index contributed by atoms with van der Waals surface area (Å²) in [5.41, 5.74) is 0.104. The summed E-state index contributed by atoms with van der Waals surface area (Å²) in [4.78, 5) is 16.0. The van der Waals surface area contributed by atoms with Gasteiger partial charge < -0.3 is 20.0 Å². The number of hydrogen-bond acceptors (Lipinski definition) is 4. The van der Waals surface area contributed by atoms with Gasteiger partial charge in [0.25, 0.3) is 0 Å². The third kappa shape index (κ3) is 4.53. The minimum absolute atomic E-state index is 0.0932. The van der Waals surface area contributed by atoms with Crippen molar-refractivity contribution in [1.82, 2.24) is 9.80 Å². The Bertz CT molecular complexity index is 490. The number of carbonyl (C=O) groups is 1. The van der Waals surface area contributed by atoms with Crippen LogP contribution in [0.1, 0.15) is 25.3 Å². The van der Waals surface area contributed by atoms with Crippen molar-refractivity contribution in [2.24, 2.45) is 0 Å². The van der Waals surface area contributed by atoms with E-state index in [1.165, 1.54) is 0 Å². The number of aliphatic hydroxyl groups excluding tert-OH is 1. The van der Waals surface area contributed by atoms with Gasteiger partial charge in [0, 0.05) is 39.6 Å². The molecule has 1 saturated heterocycles. The van der Waals surface area contributed by atoms with Crippen molar-refractivity contribution in [2.45, 2.75) is 38.0 Å². The lowest BCUT2D eigenvalue weighted by Gasteiger charge is -2.39. The zero-order valence-electron chi connectivity index (χ0n) is 13.4. The predicted molar refractivity (Wildman–Crippen MR) is 85.2 cm³/mol. The summed E-state index contributed by atoms with van der Waals surface area (Å²) in [5.74, 6) is 0.0932. The maximum absolute atomic E-state index is 12.2. The molecule has 1 aromatic rings. The Labute approximate surface area is 132 Å². The van der Waals surface area contributed by atoms with Crippen LogP contribution in [-0.2, 0) is 11.3 Å². The lowest BCUT2D eigenvalue weighted by Crippen LogP contribution is -2.54. The summed E-state index contributed by atoms with van der Waals surface area (Å²) < 4.78 is 0. The number of benzene rings is 1. The number of rotatable bonds is 5. The van der Waals surface area contributed by atoms with Crippen LogP contribution in [0, 0.1) is 0 Å². The molecular formula is C17H26N2O3. The van der Waals surface area contributed by atoms with Gasteiger partial charge in [-0.2, -0.15) is 0 Å². The molecule has 5 nitrogen and oxygen atoms in total. The van der Waals surface area contributed by atoms with Crippen LogP contribution in [0.15, 0.2) is 30.3 Å². The summed E-state index contributed by atoms with van der Waals surface area (Å²) in [6.07, 6.45) is 0.207. The molecular weight excluding hydrogens is 280 g/mol. The Morgan fingerprint density at radius 1 is 1.41 bits per heavy atom. The van der Waals surface area contributed by atoms with Crippen LogP contribution >= 0.6 is 0 Å². The largest absolute Gasteiger partial charge is 0.389 e. The lowest BCUT2D eigenvalue weighted by atomic mass is 9.91. The fourth-order valence-corrected chi connectivity index (χ4v) is 2.68. The molecule has 0 unspecified atom stereocenters. The van der Waals surface area contributed by atoms with E-state index in [0.717, 1.165) is 5.56 Å². The molecule has 0 bridgehead atoms. The van der Waals surface area contributed by atoms with Crippen molar-refractivity contribution >= 4 is 5.91 Å². The van der Waals surface area contributed by atoms with Gasteiger partial charge in [0.2, 0.25) is 5.91 Å². The van der Waals surface area contributed by atoms with E-state index >= 15 is 0 Å². The zero-order chi connectivity index (χ0) is 16.2. The second-order valence-electron chi connectivity index (χ2n) is 6.41. The first kappa shape index (κ1) is 16.9. The van der Waals surface area contributed by atoms with Gasteiger partial charge >= 0.3 is 0 Å². The first-order valence-corrected chi connectivity index (χ1v) is 7.79. The third-order valence-electron chi connectivity index (χ3n) is 4.41. The van der Waals surface area contributed by atoms with Crippen LogP contribution in [-0.4, -0.2) is 64.3 Å². The molecule has 0 radical (unpaired) electrons. The summed E-state index contributed by atoms with van der Waals surface area (Å²) in [7, 11) is 1.81. The molecule has 1 fully saturated rings. The third-order valence-corrected chi connectivity index (χ3v) is 4.41. The fourth-order valence-electron chi connectivity index (χ4n) is 2.68. The van der Waals surface area contributed by atoms with Crippen molar-refractivity contribution in [3.8, 4) is 0 Å². The second kappa shape index (κ2) is 7.22. The molecule has 5 heteroatoms. The number of piperidine rings is 1. The maximum atomic E-state index is 12.2. The van der Waals surface area contributed by atoms with Crippen molar-refractivity contribution in [3.05, 3.63) is 35.9 Å². The Morgan fingerprint density at radius 3 is 2.73 bits per heavy atom. The first-order chi connectivity index (χ1) is 10.4. The molecule has 0 saturated carbocycles. The van der Waals surface area contributed by atoms with Crippen LogP contribution in [0.2, 0.25) is 0 Å². The number of carbonyl (C=O) groups excluding carboxylic acids is 1. The number of nitrogens with zero attached hydrogens (tertiary/aromatic N) is 2. The molecule has 122 valence electrons. The molecule has 1 heterocycles. The fraction of sp³-hybridized carbons (Fsp3) is 0.588. The predicted octanol–water partition coefficient (Wildman–Crippen LogP) is 0.853. The Hall–Kier alpha value is -1.43. The normalized spacial score (nSPS) is 25.9. The van der Waals surface area contributed by atoms with E-state index in [4.69, 9.17) is 0 Å². The number of amides is 1. The summed E-state index contributed by atoms with van der Waals surface area (Å²) in [5, 5.41) is 19.8. The molecule has 1 aromatic carbocycles. The van der Waals surface area contributed by atoms with Crippen LogP contribution in [0.3, 0.4) is 0 Å². The highest BCUT2D eigenvalue weighted by molar-refractivity contribution is 5.76. The minimum Gasteiger partial charge on any atom is -0.389 e. The number of hydrogen-bond donors (Lipinski definition) is 2. The molecule has 1 amide bonds. The van der Waals surface area contributed by atoms with Crippen molar-refractivity contribution in [3.63, 3.8) is 0 Å². The standard InChI is InChI=1S/C17H26N2O3/c1-17(22)9-11-19(13-15(17)20)10-8-16(21)18(2)12-14-6-4-3-5-7-14/h3-7,15,20,22H,8-13H2,1-2H3/t15-,17+/m0/s1. The molecule has 0 spiro atoms. The van der Waals surface area contributed by atoms with Gasteiger partial charge in [-0.05, 0) is 18.9 Å². The first-order valence-electron chi connectivity index (χ1n) is 7.79. The average Bonchev–Trinajstić information content (AvgIpc) is 2.49. The van der Waals surface area contributed by atoms with Crippen molar-refractivity contribution < 1.29 is 15.0 Å².